The van der Waals surface area contributed by atoms with E-state index >= 15 is 0 Å². The molecule has 5 nitrogen and oxygen atoms in total. The van der Waals surface area contributed by atoms with Gasteiger partial charge in [0.15, 0.2) is 11.5 Å². The third-order valence-electron chi connectivity index (χ3n) is 3.44. The lowest BCUT2D eigenvalue weighted by molar-refractivity contribution is 0.173. The van der Waals surface area contributed by atoms with Crippen molar-refractivity contribution in [2.75, 3.05) is 12.1 Å². The van der Waals surface area contributed by atoms with E-state index in [1.165, 1.54) is 0 Å². The maximum absolute atomic E-state index is 5.50. The fraction of sp³-hybridized carbons (Fsp3) is 0.357. The number of anilines is 1. The Kier molecular flexibility index (Phi) is 2.81. The molecular formula is C14H17N3O2. The second-order valence-corrected chi connectivity index (χ2v) is 4.67. The van der Waals surface area contributed by atoms with Crippen molar-refractivity contribution in [3.63, 3.8) is 0 Å². The fourth-order valence-electron chi connectivity index (χ4n) is 2.34. The molecule has 0 bridgehead atoms. The van der Waals surface area contributed by atoms with Gasteiger partial charge in [0.2, 0.25) is 6.79 Å². The van der Waals surface area contributed by atoms with E-state index in [9.17, 15) is 0 Å². The molecule has 0 saturated heterocycles. The monoisotopic (exact) mass is 259 g/mol. The van der Waals surface area contributed by atoms with Crippen LogP contribution in [0.2, 0.25) is 0 Å². The van der Waals surface area contributed by atoms with Crippen LogP contribution in [0.5, 0.6) is 11.5 Å². The number of nitrogens with zero attached hydrogens (tertiary/aromatic N) is 2. The number of nitrogens with one attached hydrogen (secondary N) is 1. The highest BCUT2D eigenvalue weighted by molar-refractivity contribution is 5.54. The maximum atomic E-state index is 5.50. The molecule has 0 amide bonds. The van der Waals surface area contributed by atoms with E-state index in [-0.39, 0.29) is 0 Å². The van der Waals surface area contributed by atoms with Crippen molar-refractivity contribution in [3.05, 3.63) is 35.2 Å². The van der Waals surface area contributed by atoms with E-state index in [0.29, 0.717) is 13.3 Å². The molecule has 0 spiro atoms. The van der Waals surface area contributed by atoms with Crippen molar-refractivity contribution >= 4 is 5.69 Å². The Morgan fingerprint density at radius 3 is 2.89 bits per heavy atom. The number of hydrogen-bond acceptors (Lipinski definition) is 4. The topological polar surface area (TPSA) is 48.3 Å². The molecule has 100 valence electrons. The number of aryl methyl sites for hydroxylation is 2. The largest absolute Gasteiger partial charge is 0.454 e. The van der Waals surface area contributed by atoms with Crippen LogP contribution in [0.4, 0.5) is 5.69 Å². The molecule has 0 saturated carbocycles. The van der Waals surface area contributed by atoms with E-state index in [0.717, 1.165) is 34.1 Å². The van der Waals surface area contributed by atoms with Gasteiger partial charge in [0.05, 0.1) is 17.1 Å². The van der Waals surface area contributed by atoms with Gasteiger partial charge < -0.3 is 14.8 Å². The molecule has 0 atom stereocenters. The van der Waals surface area contributed by atoms with Crippen molar-refractivity contribution < 1.29 is 9.47 Å². The Morgan fingerprint density at radius 1 is 1.32 bits per heavy atom. The van der Waals surface area contributed by atoms with Crippen molar-refractivity contribution in [1.29, 1.82) is 0 Å². The Hall–Kier alpha value is -2.17. The zero-order valence-corrected chi connectivity index (χ0v) is 11.4. The number of aromatic nitrogens is 2. The summed E-state index contributed by atoms with van der Waals surface area (Å²) in [6.07, 6.45) is 0. The molecule has 19 heavy (non-hydrogen) atoms. The first kappa shape index (κ1) is 11.9. The predicted octanol–water partition coefficient (Wildman–Crippen LogP) is 2.38. The van der Waals surface area contributed by atoms with Gasteiger partial charge in [-0.25, -0.2) is 0 Å². The summed E-state index contributed by atoms with van der Waals surface area (Å²) in [6, 6.07) is 5.95. The third-order valence-corrected chi connectivity index (χ3v) is 3.44. The minimum absolute atomic E-state index is 0.303. The SMILES string of the molecule is Cc1nn(C)c(C)c1NCc1cccc2c1OCO2. The predicted molar refractivity (Wildman–Crippen MR) is 72.6 cm³/mol. The second kappa shape index (κ2) is 4.50. The van der Waals surface area contributed by atoms with Crippen molar-refractivity contribution in [3.8, 4) is 11.5 Å². The van der Waals surface area contributed by atoms with Crippen molar-refractivity contribution in [2.45, 2.75) is 20.4 Å². The molecule has 2 heterocycles. The lowest BCUT2D eigenvalue weighted by atomic mass is 10.2. The van der Waals surface area contributed by atoms with Gasteiger partial charge in [0.1, 0.15) is 0 Å². The zero-order valence-electron chi connectivity index (χ0n) is 11.4. The summed E-state index contributed by atoms with van der Waals surface area (Å²) in [7, 11) is 1.95. The van der Waals surface area contributed by atoms with E-state index < -0.39 is 0 Å². The number of hydrogen-bond donors (Lipinski definition) is 1. The molecule has 2 aromatic rings. The van der Waals surface area contributed by atoms with Crippen LogP contribution in [0.3, 0.4) is 0 Å². The molecule has 0 fully saturated rings. The Balaban J connectivity index is 1.82. The zero-order chi connectivity index (χ0) is 13.4. The van der Waals surface area contributed by atoms with Crippen LogP contribution < -0.4 is 14.8 Å². The van der Waals surface area contributed by atoms with E-state index in [4.69, 9.17) is 9.47 Å². The minimum Gasteiger partial charge on any atom is -0.454 e. The molecule has 1 N–H and O–H groups in total. The standard InChI is InChI=1S/C14H17N3O2/c1-9-13(10(2)17(3)16-9)15-7-11-5-4-6-12-14(11)19-8-18-12/h4-6,15H,7-8H2,1-3H3. The number of rotatable bonds is 3. The summed E-state index contributed by atoms with van der Waals surface area (Å²) in [4.78, 5) is 0. The highest BCUT2D eigenvalue weighted by atomic mass is 16.7. The van der Waals surface area contributed by atoms with E-state index in [1.54, 1.807) is 0 Å². The van der Waals surface area contributed by atoms with Gasteiger partial charge in [0.25, 0.3) is 0 Å². The van der Waals surface area contributed by atoms with Gasteiger partial charge in [-0.05, 0) is 19.9 Å². The molecular weight excluding hydrogens is 242 g/mol. The summed E-state index contributed by atoms with van der Waals surface area (Å²) < 4.78 is 12.8. The smallest absolute Gasteiger partial charge is 0.231 e. The summed E-state index contributed by atoms with van der Waals surface area (Å²) in [5, 5.41) is 7.82. The highest BCUT2D eigenvalue weighted by Crippen LogP contribution is 2.35. The molecule has 1 aromatic heterocycles. The molecule has 1 aliphatic rings. The van der Waals surface area contributed by atoms with Gasteiger partial charge in [-0.3, -0.25) is 4.68 Å². The number of fused-ring (bicyclic) bond motifs is 1. The van der Waals surface area contributed by atoms with Crippen LogP contribution >= 0.6 is 0 Å². The molecule has 3 rings (SSSR count). The quantitative estimate of drug-likeness (QED) is 0.919. The Labute approximate surface area is 112 Å². The average Bonchev–Trinajstić information content (AvgIpc) is 2.95. The summed E-state index contributed by atoms with van der Waals surface area (Å²) in [5.74, 6) is 1.66. The van der Waals surface area contributed by atoms with Gasteiger partial charge in [-0.15, -0.1) is 0 Å². The van der Waals surface area contributed by atoms with Crippen LogP contribution in [0.25, 0.3) is 0 Å². The molecule has 1 aliphatic heterocycles. The summed E-state index contributed by atoms with van der Waals surface area (Å²) in [5.41, 5.74) is 4.31. The fourth-order valence-corrected chi connectivity index (χ4v) is 2.34. The van der Waals surface area contributed by atoms with Crippen LogP contribution in [-0.2, 0) is 13.6 Å². The van der Waals surface area contributed by atoms with Crippen LogP contribution in [-0.4, -0.2) is 16.6 Å². The first-order chi connectivity index (χ1) is 9.16. The Bertz CT molecular complexity index is 619. The number of para-hydroxylation sites is 1. The lowest BCUT2D eigenvalue weighted by Gasteiger charge is -2.09. The average molecular weight is 259 g/mol. The maximum Gasteiger partial charge on any atom is 0.231 e. The first-order valence-electron chi connectivity index (χ1n) is 6.28. The van der Waals surface area contributed by atoms with E-state index in [2.05, 4.69) is 17.3 Å². The molecule has 1 aromatic carbocycles. The third kappa shape index (κ3) is 2.01. The van der Waals surface area contributed by atoms with Crippen LogP contribution in [0.15, 0.2) is 18.2 Å². The lowest BCUT2D eigenvalue weighted by Crippen LogP contribution is -2.03. The molecule has 5 heteroatoms. The Morgan fingerprint density at radius 2 is 2.16 bits per heavy atom. The van der Waals surface area contributed by atoms with Gasteiger partial charge in [0, 0.05) is 19.2 Å². The molecule has 0 radical (unpaired) electrons. The second-order valence-electron chi connectivity index (χ2n) is 4.67. The summed E-state index contributed by atoms with van der Waals surface area (Å²) in [6.45, 7) is 5.05. The highest BCUT2D eigenvalue weighted by Gasteiger charge is 2.17. The number of ether oxygens (including phenoxy) is 2. The molecule has 0 aliphatic carbocycles. The van der Waals surface area contributed by atoms with E-state index in [1.807, 2.05) is 36.9 Å². The van der Waals surface area contributed by atoms with Gasteiger partial charge in [-0.2, -0.15) is 5.10 Å². The van der Waals surface area contributed by atoms with Gasteiger partial charge >= 0.3 is 0 Å². The van der Waals surface area contributed by atoms with Crippen molar-refractivity contribution in [2.24, 2.45) is 7.05 Å². The number of benzene rings is 1. The summed E-state index contributed by atoms with van der Waals surface area (Å²) >= 11 is 0. The normalized spacial score (nSPS) is 12.8. The minimum atomic E-state index is 0.303. The van der Waals surface area contributed by atoms with Gasteiger partial charge in [-0.1, -0.05) is 12.1 Å². The van der Waals surface area contributed by atoms with Crippen LogP contribution in [0.1, 0.15) is 17.0 Å². The van der Waals surface area contributed by atoms with Crippen molar-refractivity contribution in [1.82, 2.24) is 9.78 Å². The first-order valence-corrected chi connectivity index (χ1v) is 6.28. The molecule has 0 unspecified atom stereocenters. The van der Waals surface area contributed by atoms with Crippen LogP contribution in [0, 0.1) is 13.8 Å².